The number of nitrogens with one attached hydrogen (secondary N) is 1. The first-order valence-electron chi connectivity index (χ1n) is 8.12. The van der Waals surface area contributed by atoms with Crippen LogP contribution in [0.25, 0.3) is 0 Å². The molecular weight excluding hydrogens is 236 g/mol. The molecule has 4 heteroatoms. The Morgan fingerprint density at radius 2 is 1.42 bits per heavy atom. The van der Waals surface area contributed by atoms with E-state index in [-0.39, 0.29) is 0 Å². The zero-order valence-electron chi connectivity index (χ0n) is 12.9. The lowest BCUT2D eigenvalue weighted by atomic mass is 10.2. The molecule has 0 aromatic rings. The molecule has 2 atom stereocenters. The molecule has 0 spiro atoms. The predicted octanol–water partition coefficient (Wildman–Crippen LogP) is 0.555. The summed E-state index contributed by atoms with van der Waals surface area (Å²) < 4.78 is 0. The molecule has 2 aliphatic rings. The normalized spacial score (nSPS) is 31.7. The summed E-state index contributed by atoms with van der Waals surface area (Å²) in [5.41, 5.74) is 0. The first-order valence-corrected chi connectivity index (χ1v) is 8.12. The van der Waals surface area contributed by atoms with Gasteiger partial charge in [0.2, 0.25) is 0 Å². The van der Waals surface area contributed by atoms with Gasteiger partial charge in [-0.25, -0.2) is 0 Å². The fourth-order valence-electron chi connectivity index (χ4n) is 3.16. The summed E-state index contributed by atoms with van der Waals surface area (Å²) in [7, 11) is 0. The summed E-state index contributed by atoms with van der Waals surface area (Å²) in [6, 6.07) is 0. The lowest BCUT2D eigenvalue weighted by Gasteiger charge is -2.32. The van der Waals surface area contributed by atoms with Gasteiger partial charge in [-0.3, -0.25) is 4.90 Å². The highest BCUT2D eigenvalue weighted by atomic mass is 15.2. The minimum atomic E-state index is 0.782. The molecule has 2 aliphatic heterocycles. The van der Waals surface area contributed by atoms with Crippen molar-refractivity contribution in [3.05, 3.63) is 0 Å². The van der Waals surface area contributed by atoms with Crippen LogP contribution < -0.4 is 5.32 Å². The molecule has 0 amide bonds. The number of hydrogen-bond acceptors (Lipinski definition) is 4. The summed E-state index contributed by atoms with van der Waals surface area (Å²) in [4.78, 5) is 7.96. The fraction of sp³-hybridized carbons (Fsp3) is 1.00. The Hall–Kier alpha value is -0.160. The number of fused-ring (bicyclic) bond motifs is 3. The lowest BCUT2D eigenvalue weighted by Crippen LogP contribution is -2.44. The van der Waals surface area contributed by atoms with Crippen molar-refractivity contribution < 1.29 is 0 Å². The van der Waals surface area contributed by atoms with Gasteiger partial charge in [-0.05, 0) is 25.4 Å². The van der Waals surface area contributed by atoms with E-state index >= 15 is 0 Å². The van der Waals surface area contributed by atoms with Crippen LogP contribution in [0.2, 0.25) is 0 Å². The molecule has 112 valence electrons. The molecule has 2 heterocycles. The lowest BCUT2D eigenvalue weighted by molar-refractivity contribution is 0.151. The number of hydrogen-bond donors (Lipinski definition) is 1. The molecule has 2 saturated heterocycles. The molecule has 0 saturated carbocycles. The van der Waals surface area contributed by atoms with Crippen molar-refractivity contribution in [1.29, 1.82) is 0 Å². The van der Waals surface area contributed by atoms with Gasteiger partial charge in [0.1, 0.15) is 0 Å². The van der Waals surface area contributed by atoms with Crippen LogP contribution in [0.3, 0.4) is 0 Å². The molecule has 2 unspecified atom stereocenters. The molecular formula is C15H32N4. The monoisotopic (exact) mass is 268 g/mol. The van der Waals surface area contributed by atoms with Crippen LogP contribution in [0.4, 0.5) is 0 Å². The van der Waals surface area contributed by atoms with E-state index in [1.165, 1.54) is 65.3 Å². The van der Waals surface area contributed by atoms with Gasteiger partial charge >= 0.3 is 0 Å². The van der Waals surface area contributed by atoms with Crippen LogP contribution in [0, 0.1) is 5.92 Å². The van der Waals surface area contributed by atoms with Gasteiger partial charge in [-0.15, -0.1) is 0 Å². The van der Waals surface area contributed by atoms with Crippen LogP contribution in [0.15, 0.2) is 0 Å². The maximum atomic E-state index is 3.57. The number of nitrogens with zero attached hydrogens (tertiary/aromatic N) is 3. The van der Waals surface area contributed by atoms with Gasteiger partial charge in [0.15, 0.2) is 0 Å². The SMILES string of the molecule is CC(C)CN1CCCN2CCNCCN(CC2)CC1. The minimum absolute atomic E-state index is 0.782. The highest BCUT2D eigenvalue weighted by Gasteiger charge is 2.16. The molecule has 0 aliphatic carbocycles. The van der Waals surface area contributed by atoms with Crippen molar-refractivity contribution in [2.75, 3.05) is 72.0 Å². The Morgan fingerprint density at radius 1 is 0.789 bits per heavy atom. The third-order valence-corrected chi connectivity index (χ3v) is 4.25. The maximum Gasteiger partial charge on any atom is 0.0110 e. The fourth-order valence-corrected chi connectivity index (χ4v) is 3.16. The zero-order valence-corrected chi connectivity index (χ0v) is 12.9. The average molecular weight is 268 g/mol. The predicted molar refractivity (Wildman–Crippen MR) is 81.6 cm³/mol. The zero-order chi connectivity index (χ0) is 13.5. The van der Waals surface area contributed by atoms with Gasteiger partial charge in [0, 0.05) is 58.9 Å². The highest BCUT2D eigenvalue weighted by molar-refractivity contribution is 4.73. The van der Waals surface area contributed by atoms with Crippen LogP contribution in [-0.2, 0) is 0 Å². The Bertz CT molecular complexity index is 244. The van der Waals surface area contributed by atoms with E-state index in [4.69, 9.17) is 0 Å². The van der Waals surface area contributed by atoms with Gasteiger partial charge in [0.25, 0.3) is 0 Å². The third kappa shape index (κ3) is 5.78. The molecule has 4 nitrogen and oxygen atoms in total. The minimum Gasteiger partial charge on any atom is -0.314 e. The Balaban J connectivity index is 1.92. The molecule has 0 aromatic carbocycles. The molecule has 19 heavy (non-hydrogen) atoms. The van der Waals surface area contributed by atoms with E-state index in [2.05, 4.69) is 33.9 Å². The molecule has 2 rings (SSSR count). The van der Waals surface area contributed by atoms with Crippen LogP contribution in [-0.4, -0.2) is 86.7 Å². The second-order valence-electron chi connectivity index (χ2n) is 6.48. The Kier molecular flexibility index (Phi) is 6.57. The average Bonchev–Trinajstić information content (AvgIpc) is 2.49. The van der Waals surface area contributed by atoms with E-state index in [0.717, 1.165) is 19.0 Å². The van der Waals surface area contributed by atoms with Crippen molar-refractivity contribution in [2.45, 2.75) is 20.3 Å². The summed E-state index contributed by atoms with van der Waals surface area (Å²) in [5.74, 6) is 0.782. The largest absolute Gasteiger partial charge is 0.314 e. The van der Waals surface area contributed by atoms with E-state index < -0.39 is 0 Å². The van der Waals surface area contributed by atoms with E-state index in [1.807, 2.05) is 0 Å². The van der Waals surface area contributed by atoms with E-state index in [9.17, 15) is 0 Å². The van der Waals surface area contributed by atoms with Crippen molar-refractivity contribution in [3.63, 3.8) is 0 Å². The highest BCUT2D eigenvalue weighted by Crippen LogP contribution is 2.05. The van der Waals surface area contributed by atoms with Gasteiger partial charge < -0.3 is 15.1 Å². The third-order valence-electron chi connectivity index (χ3n) is 4.25. The smallest absolute Gasteiger partial charge is 0.0110 e. The van der Waals surface area contributed by atoms with Crippen molar-refractivity contribution in [1.82, 2.24) is 20.0 Å². The number of rotatable bonds is 2. The maximum absolute atomic E-state index is 3.57. The van der Waals surface area contributed by atoms with Crippen molar-refractivity contribution in [2.24, 2.45) is 5.92 Å². The second-order valence-corrected chi connectivity index (χ2v) is 6.48. The standard InChI is InChI=1S/C15H32N4/c1-15(2)14-19-7-3-6-17-8-4-16-5-9-18(11-10-17)12-13-19/h15-16H,3-14H2,1-2H3. The van der Waals surface area contributed by atoms with Gasteiger partial charge in [0.05, 0.1) is 0 Å². The Morgan fingerprint density at radius 3 is 2.11 bits per heavy atom. The Labute approximate surface area is 119 Å². The summed E-state index contributed by atoms with van der Waals surface area (Å²) in [5, 5.41) is 3.57. The molecule has 2 bridgehead atoms. The summed E-state index contributed by atoms with van der Waals surface area (Å²) in [6.45, 7) is 18.2. The van der Waals surface area contributed by atoms with Crippen molar-refractivity contribution >= 4 is 0 Å². The van der Waals surface area contributed by atoms with Crippen molar-refractivity contribution in [3.8, 4) is 0 Å². The molecule has 0 aromatic heterocycles. The van der Waals surface area contributed by atoms with Gasteiger partial charge in [-0.1, -0.05) is 13.8 Å². The molecule has 0 radical (unpaired) electrons. The van der Waals surface area contributed by atoms with Crippen LogP contribution in [0.5, 0.6) is 0 Å². The first-order chi connectivity index (χ1) is 9.24. The first kappa shape index (κ1) is 15.2. The topological polar surface area (TPSA) is 21.8 Å². The van der Waals surface area contributed by atoms with Crippen LogP contribution in [0.1, 0.15) is 20.3 Å². The molecule has 2 fully saturated rings. The van der Waals surface area contributed by atoms with E-state index in [1.54, 1.807) is 0 Å². The quantitative estimate of drug-likeness (QED) is 0.790. The summed E-state index contributed by atoms with van der Waals surface area (Å²) in [6.07, 6.45) is 1.33. The second kappa shape index (κ2) is 8.20. The van der Waals surface area contributed by atoms with Crippen LogP contribution >= 0.6 is 0 Å². The van der Waals surface area contributed by atoms with E-state index in [0.29, 0.717) is 0 Å². The molecule has 1 N–H and O–H groups in total. The van der Waals surface area contributed by atoms with Gasteiger partial charge in [-0.2, -0.15) is 0 Å². The summed E-state index contributed by atoms with van der Waals surface area (Å²) >= 11 is 0.